The van der Waals surface area contributed by atoms with Crippen molar-refractivity contribution < 1.29 is 0 Å². The quantitative estimate of drug-likeness (QED) is 0.888. The Labute approximate surface area is 115 Å². The molecule has 1 saturated heterocycles. The van der Waals surface area contributed by atoms with Gasteiger partial charge in [-0.25, -0.2) is 0 Å². The van der Waals surface area contributed by atoms with Crippen molar-refractivity contribution in [2.24, 2.45) is 5.92 Å². The highest BCUT2D eigenvalue weighted by atomic mass is 35.5. The van der Waals surface area contributed by atoms with Gasteiger partial charge in [-0.3, -0.25) is 0 Å². The van der Waals surface area contributed by atoms with Crippen molar-refractivity contribution in [3.8, 4) is 0 Å². The second-order valence-corrected chi connectivity index (χ2v) is 5.44. The van der Waals surface area contributed by atoms with Gasteiger partial charge in [-0.15, -0.1) is 12.4 Å². The van der Waals surface area contributed by atoms with E-state index in [-0.39, 0.29) is 12.4 Å². The van der Waals surface area contributed by atoms with Gasteiger partial charge in [0, 0.05) is 13.1 Å². The van der Waals surface area contributed by atoms with Gasteiger partial charge < -0.3 is 10.2 Å². The Morgan fingerprint density at radius 1 is 1.53 bits per heavy atom. The second-order valence-electron chi connectivity index (χ2n) is 4.66. The Hall–Kier alpha value is -0.0900. The molecule has 2 rings (SSSR count). The van der Waals surface area contributed by atoms with Gasteiger partial charge in [0.15, 0.2) is 0 Å². The van der Waals surface area contributed by atoms with E-state index in [0.717, 1.165) is 12.5 Å². The van der Waals surface area contributed by atoms with E-state index < -0.39 is 0 Å². The number of piperidine rings is 1. The third kappa shape index (κ3) is 4.96. The van der Waals surface area contributed by atoms with Crippen LogP contribution >= 0.6 is 23.7 Å². The van der Waals surface area contributed by atoms with Crippen molar-refractivity contribution in [1.82, 2.24) is 10.2 Å². The summed E-state index contributed by atoms with van der Waals surface area (Å²) in [5.41, 5.74) is 1.42. The van der Waals surface area contributed by atoms with E-state index in [1.165, 1.54) is 44.6 Å². The predicted molar refractivity (Wildman–Crippen MR) is 78.1 cm³/mol. The van der Waals surface area contributed by atoms with E-state index in [4.69, 9.17) is 0 Å². The maximum atomic E-state index is 3.58. The molecule has 0 saturated carbocycles. The molecule has 2 heterocycles. The van der Waals surface area contributed by atoms with Crippen LogP contribution in [0.25, 0.3) is 0 Å². The van der Waals surface area contributed by atoms with E-state index >= 15 is 0 Å². The number of nitrogens with one attached hydrogen (secondary N) is 1. The Morgan fingerprint density at radius 3 is 3.12 bits per heavy atom. The molecule has 98 valence electrons. The fourth-order valence-corrected chi connectivity index (χ4v) is 3.09. The highest BCUT2D eigenvalue weighted by Crippen LogP contribution is 2.15. The minimum Gasteiger partial charge on any atom is -0.312 e. The predicted octanol–water partition coefficient (Wildman–Crippen LogP) is 2.99. The summed E-state index contributed by atoms with van der Waals surface area (Å²) in [5.74, 6) is 0.854. The minimum absolute atomic E-state index is 0. The molecule has 1 atom stereocenters. The van der Waals surface area contributed by atoms with Gasteiger partial charge in [0.2, 0.25) is 0 Å². The first-order valence-corrected chi connectivity index (χ1v) is 7.27. The molecule has 1 fully saturated rings. The molecule has 2 nitrogen and oxygen atoms in total. The molecule has 17 heavy (non-hydrogen) atoms. The molecule has 1 unspecified atom stereocenters. The van der Waals surface area contributed by atoms with Crippen LogP contribution in [0.1, 0.15) is 25.3 Å². The molecule has 1 aliphatic rings. The van der Waals surface area contributed by atoms with Crippen molar-refractivity contribution >= 4 is 23.7 Å². The van der Waals surface area contributed by atoms with Crippen LogP contribution in [0.4, 0.5) is 0 Å². The minimum atomic E-state index is 0. The number of halogens is 1. The second kappa shape index (κ2) is 8.09. The molecule has 1 aromatic rings. The lowest BCUT2D eigenvalue weighted by Crippen LogP contribution is -2.39. The van der Waals surface area contributed by atoms with E-state index in [9.17, 15) is 0 Å². The Bertz CT molecular complexity index is 290. The van der Waals surface area contributed by atoms with Crippen molar-refractivity contribution in [2.75, 3.05) is 26.2 Å². The fraction of sp³-hybridized carbons (Fsp3) is 0.692. The van der Waals surface area contributed by atoms with Crippen LogP contribution in [0.5, 0.6) is 0 Å². The van der Waals surface area contributed by atoms with Crippen LogP contribution in [-0.2, 0) is 6.54 Å². The molecule has 0 aromatic carbocycles. The first-order chi connectivity index (χ1) is 7.88. The lowest BCUT2D eigenvalue weighted by molar-refractivity contribution is 0.180. The van der Waals surface area contributed by atoms with E-state index in [2.05, 4.69) is 34.0 Å². The zero-order valence-corrected chi connectivity index (χ0v) is 12.2. The molecule has 1 N–H and O–H groups in total. The average Bonchev–Trinajstić information content (AvgIpc) is 2.82. The SMILES string of the molecule is CCN1CCCC(CNCc2ccsc2)C1.Cl. The topological polar surface area (TPSA) is 15.3 Å². The molecule has 0 bridgehead atoms. The third-order valence-electron chi connectivity index (χ3n) is 3.39. The van der Waals surface area contributed by atoms with Gasteiger partial charge in [-0.2, -0.15) is 11.3 Å². The lowest BCUT2D eigenvalue weighted by atomic mass is 9.98. The number of hydrogen-bond donors (Lipinski definition) is 1. The molecule has 1 aliphatic heterocycles. The Balaban J connectivity index is 0.00000144. The molecule has 0 amide bonds. The van der Waals surface area contributed by atoms with Crippen LogP contribution in [0.3, 0.4) is 0 Å². The summed E-state index contributed by atoms with van der Waals surface area (Å²) in [4.78, 5) is 2.57. The fourth-order valence-electron chi connectivity index (χ4n) is 2.42. The summed E-state index contributed by atoms with van der Waals surface area (Å²) in [7, 11) is 0. The van der Waals surface area contributed by atoms with E-state index in [1.807, 2.05) is 0 Å². The van der Waals surface area contributed by atoms with E-state index in [0.29, 0.717) is 0 Å². The first kappa shape index (κ1) is 15.0. The summed E-state index contributed by atoms with van der Waals surface area (Å²) in [6, 6.07) is 2.21. The standard InChI is InChI=1S/C13H22N2S.ClH/c1-2-15-6-3-4-12(10-15)8-14-9-13-5-7-16-11-13;/h5,7,11-12,14H,2-4,6,8-10H2,1H3;1H. The number of hydrogen-bond acceptors (Lipinski definition) is 3. The zero-order chi connectivity index (χ0) is 11.2. The largest absolute Gasteiger partial charge is 0.312 e. The summed E-state index contributed by atoms with van der Waals surface area (Å²) >= 11 is 1.78. The number of rotatable bonds is 5. The summed E-state index contributed by atoms with van der Waals surface area (Å²) in [6.07, 6.45) is 2.77. The van der Waals surface area contributed by atoms with Crippen LogP contribution < -0.4 is 5.32 Å². The molecule has 0 radical (unpaired) electrons. The maximum absolute atomic E-state index is 3.58. The van der Waals surface area contributed by atoms with Crippen LogP contribution in [0.2, 0.25) is 0 Å². The van der Waals surface area contributed by atoms with Gasteiger partial charge in [0.25, 0.3) is 0 Å². The molecular formula is C13H23ClN2S. The average molecular weight is 275 g/mol. The van der Waals surface area contributed by atoms with Crippen LogP contribution in [0, 0.1) is 5.92 Å². The number of nitrogens with zero attached hydrogens (tertiary/aromatic N) is 1. The van der Waals surface area contributed by atoms with Gasteiger partial charge in [-0.05, 0) is 60.8 Å². The summed E-state index contributed by atoms with van der Waals surface area (Å²) in [5, 5.41) is 7.96. The normalized spacial score (nSPS) is 21.1. The van der Waals surface area contributed by atoms with Crippen molar-refractivity contribution in [1.29, 1.82) is 0 Å². The molecule has 1 aromatic heterocycles. The maximum Gasteiger partial charge on any atom is 0.0213 e. The third-order valence-corrected chi connectivity index (χ3v) is 4.12. The van der Waals surface area contributed by atoms with Crippen molar-refractivity contribution in [3.63, 3.8) is 0 Å². The lowest BCUT2D eigenvalue weighted by Gasteiger charge is -2.31. The molecule has 0 spiro atoms. The van der Waals surface area contributed by atoms with Crippen LogP contribution in [-0.4, -0.2) is 31.1 Å². The summed E-state index contributed by atoms with van der Waals surface area (Å²) in [6.45, 7) is 8.27. The monoisotopic (exact) mass is 274 g/mol. The van der Waals surface area contributed by atoms with E-state index in [1.54, 1.807) is 11.3 Å². The van der Waals surface area contributed by atoms with Crippen LogP contribution in [0.15, 0.2) is 16.8 Å². The molecule has 0 aliphatic carbocycles. The highest BCUT2D eigenvalue weighted by molar-refractivity contribution is 7.07. The number of likely N-dealkylation sites (tertiary alicyclic amines) is 1. The Morgan fingerprint density at radius 2 is 2.41 bits per heavy atom. The zero-order valence-electron chi connectivity index (χ0n) is 10.5. The van der Waals surface area contributed by atoms with Crippen molar-refractivity contribution in [3.05, 3.63) is 22.4 Å². The first-order valence-electron chi connectivity index (χ1n) is 6.32. The molecular weight excluding hydrogens is 252 g/mol. The molecule has 4 heteroatoms. The Kier molecular flexibility index (Phi) is 7.12. The number of thiophene rings is 1. The van der Waals surface area contributed by atoms with Crippen molar-refractivity contribution in [2.45, 2.75) is 26.3 Å². The van der Waals surface area contributed by atoms with Gasteiger partial charge >= 0.3 is 0 Å². The summed E-state index contributed by atoms with van der Waals surface area (Å²) < 4.78 is 0. The van der Waals surface area contributed by atoms with Gasteiger partial charge in [0.1, 0.15) is 0 Å². The van der Waals surface area contributed by atoms with Gasteiger partial charge in [-0.1, -0.05) is 6.92 Å². The highest BCUT2D eigenvalue weighted by Gasteiger charge is 2.17. The smallest absolute Gasteiger partial charge is 0.0213 e. The van der Waals surface area contributed by atoms with Gasteiger partial charge in [0.05, 0.1) is 0 Å².